The molecule has 1 unspecified atom stereocenters. The third kappa shape index (κ3) is 5.54. The number of methoxy groups -OCH3 is 1. The summed E-state index contributed by atoms with van der Waals surface area (Å²) < 4.78 is 4.86. The van der Waals surface area contributed by atoms with E-state index in [0.29, 0.717) is 32.7 Å². The molecule has 114 valence electrons. The lowest BCUT2D eigenvalue weighted by Gasteiger charge is -2.14. The van der Waals surface area contributed by atoms with Gasteiger partial charge in [-0.1, -0.05) is 0 Å². The van der Waals surface area contributed by atoms with Crippen molar-refractivity contribution in [2.45, 2.75) is 32.9 Å². The molecule has 1 atom stereocenters. The van der Waals surface area contributed by atoms with Crippen molar-refractivity contribution in [3.05, 3.63) is 11.1 Å². The number of thiazole rings is 1. The lowest BCUT2D eigenvalue weighted by Crippen LogP contribution is -2.28. The van der Waals surface area contributed by atoms with Crippen LogP contribution in [0.3, 0.4) is 0 Å². The molecule has 1 aromatic rings. The fraction of sp³-hybridized carbons (Fsp3) is 0.692. The number of carbonyl (C=O) groups excluding carboxylic acids is 1. The number of ether oxygens (including phenoxy) is 1. The summed E-state index contributed by atoms with van der Waals surface area (Å²) in [4.78, 5) is 17.5. The van der Waals surface area contributed by atoms with E-state index in [1.54, 1.807) is 18.9 Å². The highest BCUT2D eigenvalue weighted by Crippen LogP contribution is 2.20. The number of amides is 1. The van der Waals surface area contributed by atoms with Gasteiger partial charge in [0.1, 0.15) is 0 Å². The maximum Gasteiger partial charge on any atom is 0.225 e. The number of anilines is 1. The molecular formula is C13H23N3O3S. The molecule has 0 aliphatic carbocycles. The first-order valence-electron chi connectivity index (χ1n) is 6.68. The zero-order valence-electron chi connectivity index (χ0n) is 12.3. The topological polar surface area (TPSA) is 74.7 Å². The van der Waals surface area contributed by atoms with Gasteiger partial charge in [0.15, 0.2) is 5.13 Å². The highest BCUT2D eigenvalue weighted by molar-refractivity contribution is 7.14. The molecular weight excluding hydrogens is 278 g/mol. The third-order valence-corrected chi connectivity index (χ3v) is 3.70. The van der Waals surface area contributed by atoms with Gasteiger partial charge in [-0.3, -0.25) is 9.69 Å². The Bertz CT molecular complexity index is 411. The van der Waals surface area contributed by atoms with E-state index in [2.05, 4.69) is 10.3 Å². The van der Waals surface area contributed by atoms with Crippen molar-refractivity contribution in [2.24, 2.45) is 0 Å². The standard InChI is InChI=1S/C13H23N3O3S/c1-4-16(10(2)17)13-15-11(9-20-13)7-14-6-5-12(18)8-19-3/h9,12,14,18H,4-8H2,1-3H3. The van der Waals surface area contributed by atoms with Gasteiger partial charge in [0.2, 0.25) is 5.91 Å². The Morgan fingerprint density at radius 3 is 3.00 bits per heavy atom. The summed E-state index contributed by atoms with van der Waals surface area (Å²) in [7, 11) is 1.57. The van der Waals surface area contributed by atoms with Crippen LogP contribution in [0.1, 0.15) is 26.0 Å². The second-order valence-electron chi connectivity index (χ2n) is 4.46. The lowest BCUT2D eigenvalue weighted by atomic mass is 10.2. The SMILES string of the molecule is CCN(C(C)=O)c1nc(CNCCC(O)COC)cs1. The number of rotatable bonds is 9. The average Bonchev–Trinajstić information content (AvgIpc) is 2.84. The zero-order chi connectivity index (χ0) is 15.0. The predicted octanol–water partition coefficient (Wildman–Crippen LogP) is 1.00. The van der Waals surface area contributed by atoms with Crippen LogP contribution in [0.2, 0.25) is 0 Å². The molecule has 6 nitrogen and oxygen atoms in total. The first-order chi connectivity index (χ1) is 9.58. The van der Waals surface area contributed by atoms with Crippen molar-refractivity contribution in [3.8, 4) is 0 Å². The maximum absolute atomic E-state index is 11.4. The van der Waals surface area contributed by atoms with Crippen LogP contribution in [-0.2, 0) is 16.1 Å². The molecule has 0 aromatic carbocycles. The normalized spacial score (nSPS) is 12.4. The zero-order valence-corrected chi connectivity index (χ0v) is 13.1. The second-order valence-corrected chi connectivity index (χ2v) is 5.30. The van der Waals surface area contributed by atoms with Crippen LogP contribution in [-0.4, -0.2) is 48.9 Å². The van der Waals surface area contributed by atoms with E-state index < -0.39 is 6.10 Å². The Labute approximate surface area is 123 Å². The second kappa shape index (κ2) is 9.02. The molecule has 7 heteroatoms. The van der Waals surface area contributed by atoms with Gasteiger partial charge in [-0.05, 0) is 19.9 Å². The van der Waals surface area contributed by atoms with Gasteiger partial charge in [-0.2, -0.15) is 0 Å². The summed E-state index contributed by atoms with van der Waals surface area (Å²) in [6.45, 7) is 5.77. The molecule has 0 fully saturated rings. The molecule has 1 amide bonds. The molecule has 0 radical (unpaired) electrons. The highest BCUT2D eigenvalue weighted by atomic mass is 32.1. The highest BCUT2D eigenvalue weighted by Gasteiger charge is 2.13. The molecule has 0 bridgehead atoms. The minimum Gasteiger partial charge on any atom is -0.391 e. The number of hydrogen-bond donors (Lipinski definition) is 2. The van der Waals surface area contributed by atoms with E-state index in [-0.39, 0.29) is 5.91 Å². The first kappa shape index (κ1) is 17.0. The fourth-order valence-corrected chi connectivity index (χ4v) is 2.69. The monoisotopic (exact) mass is 301 g/mol. The van der Waals surface area contributed by atoms with Gasteiger partial charge in [0.25, 0.3) is 0 Å². The quantitative estimate of drug-likeness (QED) is 0.666. The Balaban J connectivity index is 2.35. The summed E-state index contributed by atoms with van der Waals surface area (Å²) in [6.07, 6.45) is 0.200. The Morgan fingerprint density at radius 2 is 2.40 bits per heavy atom. The van der Waals surface area contributed by atoms with Crippen molar-refractivity contribution >= 4 is 22.4 Å². The van der Waals surface area contributed by atoms with Gasteiger partial charge in [-0.25, -0.2) is 4.98 Å². The average molecular weight is 301 g/mol. The number of aliphatic hydroxyl groups is 1. The van der Waals surface area contributed by atoms with E-state index in [1.165, 1.54) is 11.3 Å². The van der Waals surface area contributed by atoms with E-state index in [9.17, 15) is 9.90 Å². The largest absolute Gasteiger partial charge is 0.391 e. The summed E-state index contributed by atoms with van der Waals surface area (Å²) >= 11 is 1.47. The number of nitrogens with zero attached hydrogens (tertiary/aromatic N) is 2. The van der Waals surface area contributed by atoms with E-state index >= 15 is 0 Å². The van der Waals surface area contributed by atoms with Gasteiger partial charge in [0.05, 0.1) is 18.4 Å². The minimum absolute atomic E-state index is 0.00375. The van der Waals surface area contributed by atoms with E-state index in [0.717, 1.165) is 10.8 Å². The fourth-order valence-electron chi connectivity index (χ4n) is 1.75. The third-order valence-electron chi connectivity index (χ3n) is 2.79. The van der Waals surface area contributed by atoms with Gasteiger partial charge in [0, 0.05) is 32.5 Å². The Kier molecular flexibility index (Phi) is 7.68. The molecule has 0 aliphatic heterocycles. The van der Waals surface area contributed by atoms with Crippen LogP contribution in [0.15, 0.2) is 5.38 Å². The molecule has 1 rings (SSSR count). The van der Waals surface area contributed by atoms with Gasteiger partial charge >= 0.3 is 0 Å². The van der Waals surface area contributed by atoms with Crippen molar-refractivity contribution in [1.82, 2.24) is 10.3 Å². The molecule has 20 heavy (non-hydrogen) atoms. The van der Waals surface area contributed by atoms with Crippen LogP contribution >= 0.6 is 11.3 Å². The number of aliphatic hydroxyl groups excluding tert-OH is 1. The van der Waals surface area contributed by atoms with Crippen LogP contribution in [0.25, 0.3) is 0 Å². The Morgan fingerprint density at radius 1 is 1.65 bits per heavy atom. The maximum atomic E-state index is 11.4. The van der Waals surface area contributed by atoms with Crippen LogP contribution in [0.4, 0.5) is 5.13 Å². The molecule has 0 saturated heterocycles. The summed E-state index contributed by atoms with van der Waals surface area (Å²) in [5, 5.41) is 15.4. The van der Waals surface area contributed by atoms with Crippen LogP contribution in [0, 0.1) is 0 Å². The lowest BCUT2D eigenvalue weighted by molar-refractivity contribution is -0.116. The first-order valence-corrected chi connectivity index (χ1v) is 7.56. The van der Waals surface area contributed by atoms with Gasteiger partial charge < -0.3 is 15.2 Å². The number of carbonyl (C=O) groups is 1. The number of nitrogens with one attached hydrogen (secondary N) is 1. The van der Waals surface area contributed by atoms with Crippen molar-refractivity contribution in [1.29, 1.82) is 0 Å². The van der Waals surface area contributed by atoms with E-state index in [1.807, 2.05) is 12.3 Å². The number of hydrogen-bond acceptors (Lipinski definition) is 6. The molecule has 0 aliphatic rings. The van der Waals surface area contributed by atoms with Crippen molar-refractivity contribution in [3.63, 3.8) is 0 Å². The summed E-state index contributed by atoms with van der Waals surface area (Å²) in [6, 6.07) is 0. The van der Waals surface area contributed by atoms with Crippen LogP contribution in [0.5, 0.6) is 0 Å². The molecule has 1 heterocycles. The van der Waals surface area contributed by atoms with Crippen molar-refractivity contribution < 1.29 is 14.6 Å². The number of aromatic nitrogens is 1. The Hall–Kier alpha value is -1.02. The predicted molar refractivity (Wildman–Crippen MR) is 80.0 cm³/mol. The molecule has 0 spiro atoms. The molecule has 2 N–H and O–H groups in total. The van der Waals surface area contributed by atoms with Gasteiger partial charge in [-0.15, -0.1) is 11.3 Å². The smallest absolute Gasteiger partial charge is 0.225 e. The van der Waals surface area contributed by atoms with Crippen molar-refractivity contribution in [2.75, 3.05) is 31.7 Å². The van der Waals surface area contributed by atoms with E-state index in [4.69, 9.17) is 4.74 Å². The summed E-state index contributed by atoms with van der Waals surface area (Å²) in [5.41, 5.74) is 0.908. The molecule has 0 saturated carbocycles. The van der Waals surface area contributed by atoms with Crippen LogP contribution < -0.4 is 10.2 Å². The minimum atomic E-state index is -0.438. The molecule has 1 aromatic heterocycles. The summed E-state index contributed by atoms with van der Waals surface area (Å²) in [5.74, 6) is 0.00375.